The monoisotopic (exact) mass is 204 g/mol. The van der Waals surface area contributed by atoms with Gasteiger partial charge in [0.15, 0.2) is 0 Å². The van der Waals surface area contributed by atoms with Gasteiger partial charge in [0.05, 0.1) is 12.6 Å². The lowest BCUT2D eigenvalue weighted by atomic mass is 10.0. The molecule has 14 heavy (non-hydrogen) atoms. The molecule has 5 nitrogen and oxygen atoms in total. The van der Waals surface area contributed by atoms with Gasteiger partial charge in [-0.3, -0.25) is 4.79 Å². The van der Waals surface area contributed by atoms with Gasteiger partial charge in [-0.05, 0) is 6.42 Å². The number of hydrogen-bond acceptors (Lipinski definition) is 2. The molecule has 1 heterocycles. The first-order valence-electron chi connectivity index (χ1n) is 4.39. The van der Waals surface area contributed by atoms with Crippen molar-refractivity contribution >= 4 is 12.0 Å². The lowest BCUT2D eigenvalue weighted by Gasteiger charge is -2.33. The Morgan fingerprint density at radius 2 is 2.21 bits per heavy atom. The highest BCUT2D eigenvalue weighted by atomic mass is 19.1. The molecule has 2 amide bonds. The third-order valence-corrected chi connectivity index (χ3v) is 2.20. The summed E-state index contributed by atoms with van der Waals surface area (Å²) in [7, 11) is 0. The van der Waals surface area contributed by atoms with E-state index in [1.165, 1.54) is 6.92 Å². The SMILES string of the molecule is CC(=O)N[C@@H]1CCN(C(=O)O)C[C@@H]1F. The zero-order valence-corrected chi connectivity index (χ0v) is 7.86. The molecule has 0 aromatic rings. The number of amides is 2. The van der Waals surface area contributed by atoms with Crippen molar-refractivity contribution in [2.24, 2.45) is 0 Å². The molecular weight excluding hydrogens is 191 g/mol. The van der Waals surface area contributed by atoms with Crippen LogP contribution in [0.5, 0.6) is 0 Å². The van der Waals surface area contributed by atoms with E-state index in [1.54, 1.807) is 0 Å². The molecule has 0 aromatic heterocycles. The zero-order chi connectivity index (χ0) is 10.7. The van der Waals surface area contributed by atoms with E-state index >= 15 is 0 Å². The molecule has 6 heteroatoms. The minimum atomic E-state index is -1.32. The fraction of sp³-hybridized carbons (Fsp3) is 0.750. The average Bonchev–Trinajstić information content (AvgIpc) is 2.07. The van der Waals surface area contributed by atoms with E-state index in [2.05, 4.69) is 5.32 Å². The molecule has 1 fully saturated rings. The molecule has 0 aromatic carbocycles. The Bertz CT molecular complexity index is 247. The maximum absolute atomic E-state index is 13.3. The van der Waals surface area contributed by atoms with Crippen molar-refractivity contribution < 1.29 is 19.1 Å². The molecule has 2 N–H and O–H groups in total. The van der Waals surface area contributed by atoms with Crippen molar-refractivity contribution in [1.29, 1.82) is 0 Å². The lowest BCUT2D eigenvalue weighted by molar-refractivity contribution is -0.120. The maximum Gasteiger partial charge on any atom is 0.407 e. The number of nitrogens with zero attached hydrogens (tertiary/aromatic N) is 1. The molecule has 1 rings (SSSR count). The number of likely N-dealkylation sites (tertiary alicyclic amines) is 1. The number of carbonyl (C=O) groups excluding carboxylic acids is 1. The van der Waals surface area contributed by atoms with Gasteiger partial charge in [0.1, 0.15) is 6.17 Å². The van der Waals surface area contributed by atoms with Crippen LogP contribution < -0.4 is 5.32 Å². The summed E-state index contributed by atoms with van der Waals surface area (Å²) >= 11 is 0. The van der Waals surface area contributed by atoms with Crippen molar-refractivity contribution in [1.82, 2.24) is 10.2 Å². The van der Waals surface area contributed by atoms with Crippen molar-refractivity contribution in [3.8, 4) is 0 Å². The van der Waals surface area contributed by atoms with E-state index in [9.17, 15) is 14.0 Å². The quantitative estimate of drug-likeness (QED) is 0.641. The third kappa shape index (κ3) is 2.58. The summed E-state index contributed by atoms with van der Waals surface area (Å²) in [5.41, 5.74) is 0. The summed E-state index contributed by atoms with van der Waals surface area (Å²) in [5, 5.41) is 11.1. The van der Waals surface area contributed by atoms with Crippen LogP contribution in [0.4, 0.5) is 9.18 Å². The van der Waals surface area contributed by atoms with E-state index in [-0.39, 0.29) is 19.0 Å². The number of hydrogen-bond donors (Lipinski definition) is 2. The molecule has 0 aliphatic carbocycles. The third-order valence-electron chi connectivity index (χ3n) is 2.20. The van der Waals surface area contributed by atoms with E-state index in [1.807, 2.05) is 0 Å². The molecule has 1 aliphatic rings. The number of piperidine rings is 1. The number of carboxylic acid groups (broad SMARTS) is 1. The van der Waals surface area contributed by atoms with Crippen molar-refractivity contribution in [2.75, 3.05) is 13.1 Å². The van der Waals surface area contributed by atoms with Crippen LogP contribution in [0.15, 0.2) is 0 Å². The van der Waals surface area contributed by atoms with Crippen molar-refractivity contribution in [3.05, 3.63) is 0 Å². The van der Waals surface area contributed by atoms with E-state index in [0.717, 1.165) is 4.90 Å². The van der Waals surface area contributed by atoms with Crippen LogP contribution in [0.3, 0.4) is 0 Å². The van der Waals surface area contributed by atoms with Crippen LogP contribution >= 0.6 is 0 Å². The number of carbonyl (C=O) groups is 2. The molecule has 0 radical (unpaired) electrons. The average molecular weight is 204 g/mol. The van der Waals surface area contributed by atoms with E-state index < -0.39 is 18.3 Å². The molecule has 1 saturated heterocycles. The first kappa shape index (κ1) is 10.7. The predicted octanol–water partition coefficient (Wildman–Crippen LogP) is 0.213. The molecule has 0 unspecified atom stereocenters. The maximum atomic E-state index is 13.3. The van der Waals surface area contributed by atoms with Gasteiger partial charge in [-0.2, -0.15) is 0 Å². The molecule has 0 saturated carbocycles. The topological polar surface area (TPSA) is 69.6 Å². The zero-order valence-electron chi connectivity index (χ0n) is 7.86. The normalized spacial score (nSPS) is 27.1. The highest BCUT2D eigenvalue weighted by molar-refractivity contribution is 5.73. The summed E-state index contributed by atoms with van der Waals surface area (Å²) in [5.74, 6) is -0.290. The standard InChI is InChI=1S/C8H13FN2O3/c1-5(12)10-7-2-3-11(8(13)14)4-6(7)9/h6-7H,2-4H2,1H3,(H,10,12)(H,13,14)/t6-,7+/m0/s1. The molecule has 0 spiro atoms. The van der Waals surface area contributed by atoms with Crippen LogP contribution in [-0.4, -0.2) is 47.3 Å². The van der Waals surface area contributed by atoms with Gasteiger partial charge in [-0.25, -0.2) is 9.18 Å². The second-order valence-corrected chi connectivity index (χ2v) is 3.34. The Morgan fingerprint density at radius 1 is 1.57 bits per heavy atom. The summed E-state index contributed by atoms with van der Waals surface area (Å²) in [6.07, 6.45) is -2.11. The number of alkyl halides is 1. The molecule has 1 aliphatic heterocycles. The summed E-state index contributed by atoms with van der Waals surface area (Å²) in [6, 6.07) is -0.553. The fourth-order valence-electron chi connectivity index (χ4n) is 1.50. The van der Waals surface area contributed by atoms with Crippen LogP contribution in [0.1, 0.15) is 13.3 Å². The lowest BCUT2D eigenvalue weighted by Crippen LogP contribution is -2.53. The Balaban J connectivity index is 2.47. The number of halogens is 1. The minimum Gasteiger partial charge on any atom is -0.465 e. The summed E-state index contributed by atoms with van der Waals surface area (Å²) in [6.45, 7) is 1.41. The van der Waals surface area contributed by atoms with Gasteiger partial charge >= 0.3 is 6.09 Å². The highest BCUT2D eigenvalue weighted by Gasteiger charge is 2.31. The van der Waals surface area contributed by atoms with Crippen LogP contribution in [0.25, 0.3) is 0 Å². The Labute approximate surface area is 80.9 Å². The van der Waals surface area contributed by atoms with Gasteiger partial charge in [-0.1, -0.05) is 0 Å². The molecule has 80 valence electrons. The number of rotatable bonds is 1. The Hall–Kier alpha value is -1.33. The minimum absolute atomic E-state index is 0.166. The number of nitrogens with one attached hydrogen (secondary N) is 1. The second kappa shape index (κ2) is 4.26. The largest absolute Gasteiger partial charge is 0.465 e. The fourth-order valence-corrected chi connectivity index (χ4v) is 1.50. The van der Waals surface area contributed by atoms with Gasteiger partial charge < -0.3 is 15.3 Å². The first-order chi connectivity index (χ1) is 6.50. The second-order valence-electron chi connectivity index (χ2n) is 3.34. The van der Waals surface area contributed by atoms with Crippen molar-refractivity contribution in [2.45, 2.75) is 25.6 Å². The van der Waals surface area contributed by atoms with E-state index in [4.69, 9.17) is 5.11 Å². The highest BCUT2D eigenvalue weighted by Crippen LogP contribution is 2.14. The van der Waals surface area contributed by atoms with Gasteiger partial charge in [0, 0.05) is 13.5 Å². The predicted molar refractivity (Wildman–Crippen MR) is 46.7 cm³/mol. The van der Waals surface area contributed by atoms with Gasteiger partial charge in [0.25, 0.3) is 0 Å². The molecule has 0 bridgehead atoms. The first-order valence-corrected chi connectivity index (χ1v) is 4.39. The van der Waals surface area contributed by atoms with Crippen LogP contribution in [-0.2, 0) is 4.79 Å². The van der Waals surface area contributed by atoms with Gasteiger partial charge in [0.2, 0.25) is 5.91 Å². The van der Waals surface area contributed by atoms with Crippen LogP contribution in [0, 0.1) is 0 Å². The molecular formula is C8H13FN2O3. The summed E-state index contributed by atoms with van der Waals surface area (Å²) in [4.78, 5) is 22.2. The Morgan fingerprint density at radius 3 is 2.64 bits per heavy atom. The van der Waals surface area contributed by atoms with E-state index in [0.29, 0.717) is 6.42 Å². The van der Waals surface area contributed by atoms with Crippen LogP contribution in [0.2, 0.25) is 0 Å². The van der Waals surface area contributed by atoms with Gasteiger partial charge in [-0.15, -0.1) is 0 Å². The molecule has 2 atom stereocenters. The summed E-state index contributed by atoms with van der Waals surface area (Å²) < 4.78 is 13.3. The Kier molecular flexibility index (Phi) is 3.27. The smallest absolute Gasteiger partial charge is 0.407 e. The van der Waals surface area contributed by atoms with Crippen molar-refractivity contribution in [3.63, 3.8) is 0 Å².